The highest BCUT2D eigenvalue weighted by molar-refractivity contribution is 6.00. The second-order valence-corrected chi connectivity index (χ2v) is 21.5. The van der Waals surface area contributed by atoms with Crippen LogP contribution in [0.15, 0.2) is 72.8 Å². The number of ether oxygens (including phenoxy) is 3. The molecule has 0 unspecified atom stereocenters. The van der Waals surface area contributed by atoms with E-state index in [-0.39, 0.29) is 68.4 Å². The molecule has 2 aliphatic carbocycles. The molecule has 2 amide bonds. The average Bonchev–Trinajstić information content (AvgIpc) is 3.33. The summed E-state index contributed by atoms with van der Waals surface area (Å²) < 4.78 is 15.9. The second kappa shape index (κ2) is 25.1. The van der Waals surface area contributed by atoms with Gasteiger partial charge in [-0.05, 0) is 170 Å². The Bertz CT molecular complexity index is 2300. The molecule has 8 rings (SSSR count). The van der Waals surface area contributed by atoms with Gasteiger partial charge in [0.25, 0.3) is 11.8 Å². The summed E-state index contributed by atoms with van der Waals surface area (Å²) in [5.41, 5.74) is 2.13. The van der Waals surface area contributed by atoms with Crippen LogP contribution in [-0.4, -0.2) is 96.4 Å². The van der Waals surface area contributed by atoms with Crippen molar-refractivity contribution in [2.24, 2.45) is 34.5 Å². The number of nitrogens with zero attached hydrogens (tertiary/aromatic N) is 2. The van der Waals surface area contributed by atoms with Gasteiger partial charge in [0.2, 0.25) is 0 Å². The molecule has 2 aliphatic heterocycles. The van der Waals surface area contributed by atoms with Crippen LogP contribution < -0.4 is 4.74 Å². The number of rotatable bonds is 6. The Morgan fingerprint density at radius 1 is 0.507 bits per heavy atom. The van der Waals surface area contributed by atoms with E-state index in [0.717, 1.165) is 64.8 Å². The Hall–Kier alpha value is -5.16. The molecule has 0 atom stereocenters. The molecule has 0 bridgehead atoms. The third kappa shape index (κ3) is 15.4. The van der Waals surface area contributed by atoms with E-state index in [4.69, 9.17) is 14.2 Å². The van der Waals surface area contributed by atoms with Crippen LogP contribution in [0.25, 0.3) is 21.5 Å². The number of fused-ring (bicyclic) bond motifs is 2. The molecule has 0 radical (unpaired) electrons. The molecule has 69 heavy (non-hydrogen) atoms. The van der Waals surface area contributed by atoms with Crippen LogP contribution in [0.3, 0.4) is 0 Å². The number of likely N-dealkylation sites (tertiary alicyclic amines) is 2. The number of aliphatic hydroxyl groups excluding tert-OH is 1. The number of hydrogen-bond donors (Lipinski definition) is 2. The molecule has 2 N–H and O–H groups in total. The number of amides is 2. The zero-order chi connectivity index (χ0) is 48.5. The predicted octanol–water partition coefficient (Wildman–Crippen LogP) is 12.3. The molecule has 4 aromatic rings. The van der Waals surface area contributed by atoms with Crippen molar-refractivity contribution in [2.75, 3.05) is 40.4 Å². The third-order valence-corrected chi connectivity index (χ3v) is 14.9. The van der Waals surface area contributed by atoms with Crippen LogP contribution in [0, 0.1) is 34.5 Å². The summed E-state index contributed by atoms with van der Waals surface area (Å²) in [6.45, 7) is 16.2. The summed E-state index contributed by atoms with van der Waals surface area (Å²) in [5, 5.41) is 22.7. The van der Waals surface area contributed by atoms with Crippen molar-refractivity contribution in [3.8, 4) is 11.5 Å². The normalized spacial score (nSPS) is 21.2. The monoisotopic (exact) mass is 953 g/mol. The molecule has 4 fully saturated rings. The van der Waals surface area contributed by atoms with Crippen molar-refractivity contribution in [1.82, 2.24) is 9.80 Å². The molecule has 4 aliphatic rings. The largest absolute Gasteiger partial charge is 0.508 e. The lowest BCUT2D eigenvalue weighted by atomic mass is 9.72. The summed E-state index contributed by atoms with van der Waals surface area (Å²) in [6.07, 6.45) is 12.0. The maximum Gasteiger partial charge on any atom is 0.308 e. The van der Waals surface area contributed by atoms with Gasteiger partial charge in [0.15, 0.2) is 0 Å². The van der Waals surface area contributed by atoms with E-state index < -0.39 is 0 Å². The average molecular weight is 953 g/mol. The van der Waals surface area contributed by atoms with Crippen molar-refractivity contribution in [1.29, 1.82) is 0 Å². The molecule has 0 aromatic heterocycles. The lowest BCUT2D eigenvalue weighted by Crippen LogP contribution is -2.40. The number of benzene rings is 4. The van der Waals surface area contributed by atoms with Crippen molar-refractivity contribution < 1.29 is 43.6 Å². The SMILES string of the molecule is C.C.CC(C)(C)C1CCC(O)CC1.COC(=O)C1CCN(C(=O)c2ccc3cc(O)ccc3c2)CC1.COC(=O)C1CCN(C(=O)c2ccc3cc(OC4CCC(C(C)(C)C)CC4)ccc3c2)CC1. The van der Waals surface area contributed by atoms with Crippen molar-refractivity contribution in [2.45, 2.75) is 146 Å². The lowest BCUT2D eigenvalue weighted by molar-refractivity contribution is -0.147. The van der Waals surface area contributed by atoms with Gasteiger partial charge in [-0.15, -0.1) is 0 Å². The first kappa shape index (κ1) is 56.4. The summed E-state index contributed by atoms with van der Waals surface area (Å²) in [7, 11) is 2.82. The predicted molar refractivity (Wildman–Crippen MR) is 278 cm³/mol. The Morgan fingerprint density at radius 3 is 1.30 bits per heavy atom. The minimum absolute atomic E-state index is 0. The highest BCUT2D eigenvalue weighted by Crippen LogP contribution is 2.40. The maximum atomic E-state index is 13.0. The van der Waals surface area contributed by atoms with Gasteiger partial charge >= 0.3 is 11.9 Å². The Balaban J connectivity index is 0.000000250. The fraction of sp³-hybridized carbons (Fsp3) is 0.586. The van der Waals surface area contributed by atoms with Gasteiger partial charge in [0, 0.05) is 37.3 Å². The number of phenolic OH excluding ortho intramolecular Hbond substituents is 1. The lowest BCUT2D eigenvalue weighted by Gasteiger charge is -2.37. The van der Waals surface area contributed by atoms with E-state index in [1.165, 1.54) is 39.9 Å². The first-order chi connectivity index (χ1) is 31.8. The Morgan fingerprint density at radius 2 is 0.884 bits per heavy atom. The number of hydrogen-bond acceptors (Lipinski definition) is 9. The minimum atomic E-state index is -0.192. The quantitative estimate of drug-likeness (QED) is 0.181. The number of carbonyl (C=O) groups excluding carboxylic acids is 4. The number of carbonyl (C=O) groups is 4. The first-order valence-electron chi connectivity index (χ1n) is 24.7. The Kier molecular flexibility index (Phi) is 20.5. The van der Waals surface area contributed by atoms with E-state index in [0.29, 0.717) is 73.8 Å². The van der Waals surface area contributed by atoms with Crippen LogP contribution in [0.4, 0.5) is 0 Å². The number of methoxy groups -OCH3 is 2. The fourth-order valence-corrected chi connectivity index (χ4v) is 10.3. The number of esters is 2. The van der Waals surface area contributed by atoms with Gasteiger partial charge in [-0.3, -0.25) is 19.2 Å². The van der Waals surface area contributed by atoms with E-state index in [1.54, 1.807) is 29.2 Å². The highest BCUT2D eigenvalue weighted by Gasteiger charge is 2.32. The van der Waals surface area contributed by atoms with Crippen LogP contribution in [0.2, 0.25) is 0 Å². The minimum Gasteiger partial charge on any atom is -0.508 e. The van der Waals surface area contributed by atoms with Gasteiger partial charge in [-0.1, -0.05) is 80.7 Å². The molecule has 11 nitrogen and oxygen atoms in total. The van der Waals surface area contributed by atoms with Gasteiger partial charge in [-0.2, -0.15) is 0 Å². The van der Waals surface area contributed by atoms with Crippen molar-refractivity contribution in [3.05, 3.63) is 83.9 Å². The summed E-state index contributed by atoms with van der Waals surface area (Å²) in [4.78, 5) is 52.5. The topological polar surface area (TPSA) is 143 Å². The molecule has 380 valence electrons. The standard InChI is InChI=1S/C28H37NO4.C18H19NO4.C10H20O.2CH4/c1-28(2,3)23-8-11-24(12-9-23)33-25-10-7-20-17-22(6-5-21(20)18-25)26(30)29-15-13-19(14-16-29)27(31)32-4;1-23-18(22)12-6-8-19(9-7-12)17(21)15-3-2-14-11-16(20)5-4-13(14)10-15;1-10(2,3)8-4-6-9(11)7-5-8;;/h5-7,10,17-19,23-24H,8-9,11-16H2,1-4H3;2-5,10-12,20H,6-9H2,1H3;8-9,11H,4-7H2,1-3H3;2*1H4. The molecule has 0 spiro atoms. The summed E-state index contributed by atoms with van der Waals surface area (Å²) in [6, 6.07) is 22.5. The van der Waals surface area contributed by atoms with Gasteiger partial charge in [0.05, 0.1) is 38.3 Å². The zero-order valence-corrected chi connectivity index (χ0v) is 41.4. The first-order valence-corrected chi connectivity index (χ1v) is 24.7. The van der Waals surface area contributed by atoms with E-state index in [2.05, 4.69) is 47.6 Å². The highest BCUT2D eigenvalue weighted by atomic mass is 16.5. The second-order valence-electron chi connectivity index (χ2n) is 21.5. The molecular weight excluding hydrogens is 869 g/mol. The number of aliphatic hydroxyl groups is 1. The number of aromatic hydroxyl groups is 1. The van der Waals surface area contributed by atoms with Gasteiger partial charge < -0.3 is 34.2 Å². The Labute approximate surface area is 413 Å². The number of phenols is 1. The van der Waals surface area contributed by atoms with Crippen LogP contribution in [0.5, 0.6) is 11.5 Å². The molecule has 2 saturated heterocycles. The summed E-state index contributed by atoms with van der Waals surface area (Å²) >= 11 is 0. The van der Waals surface area contributed by atoms with Crippen molar-refractivity contribution >= 4 is 45.3 Å². The van der Waals surface area contributed by atoms with E-state index in [9.17, 15) is 29.4 Å². The zero-order valence-electron chi connectivity index (χ0n) is 41.4. The fourth-order valence-electron chi connectivity index (χ4n) is 10.3. The van der Waals surface area contributed by atoms with Gasteiger partial charge in [0.1, 0.15) is 11.5 Å². The number of piperidine rings is 2. The van der Waals surface area contributed by atoms with E-state index >= 15 is 0 Å². The third-order valence-electron chi connectivity index (χ3n) is 14.9. The molecular formula is C58H84N2O9. The molecule has 11 heteroatoms. The van der Waals surface area contributed by atoms with Crippen LogP contribution in [0.1, 0.15) is 154 Å². The van der Waals surface area contributed by atoms with Gasteiger partial charge in [-0.25, -0.2) is 0 Å². The molecule has 2 heterocycles. The van der Waals surface area contributed by atoms with Crippen molar-refractivity contribution in [3.63, 3.8) is 0 Å². The molecule has 4 aromatic carbocycles. The van der Waals surface area contributed by atoms with E-state index in [1.807, 2.05) is 47.4 Å². The summed E-state index contributed by atoms with van der Waals surface area (Å²) in [5.74, 6) is 2.14. The maximum absolute atomic E-state index is 13.0. The van der Waals surface area contributed by atoms with Crippen LogP contribution >= 0.6 is 0 Å². The smallest absolute Gasteiger partial charge is 0.308 e. The molecule has 2 saturated carbocycles. The van der Waals surface area contributed by atoms with Crippen LogP contribution in [-0.2, 0) is 19.1 Å².